The number of nitrogens with zero attached hydrogens (tertiary/aromatic N) is 2. The van der Waals surface area contributed by atoms with Crippen LogP contribution >= 0.6 is 11.6 Å². The van der Waals surface area contributed by atoms with Crippen molar-refractivity contribution >= 4 is 34.7 Å². The quantitative estimate of drug-likeness (QED) is 0.357. The van der Waals surface area contributed by atoms with Gasteiger partial charge in [-0.15, -0.1) is 0 Å². The van der Waals surface area contributed by atoms with E-state index in [0.717, 1.165) is 16.8 Å². The number of amides is 1. The van der Waals surface area contributed by atoms with Gasteiger partial charge in [0.15, 0.2) is 11.5 Å². The molecule has 0 bridgehead atoms. The van der Waals surface area contributed by atoms with E-state index in [1.165, 1.54) is 0 Å². The van der Waals surface area contributed by atoms with E-state index in [0.29, 0.717) is 33.6 Å². The van der Waals surface area contributed by atoms with Gasteiger partial charge in [-0.25, -0.2) is 4.68 Å². The molecule has 8 heteroatoms. The van der Waals surface area contributed by atoms with Crippen LogP contribution in [0.2, 0.25) is 5.02 Å². The number of para-hydroxylation sites is 1. The van der Waals surface area contributed by atoms with Crippen molar-refractivity contribution in [1.82, 2.24) is 9.78 Å². The highest BCUT2D eigenvalue weighted by molar-refractivity contribution is 6.30. The highest BCUT2D eigenvalue weighted by Crippen LogP contribution is 2.41. The summed E-state index contributed by atoms with van der Waals surface area (Å²) in [6, 6.07) is 22.3. The van der Waals surface area contributed by atoms with E-state index >= 15 is 0 Å². The van der Waals surface area contributed by atoms with Gasteiger partial charge in [0.2, 0.25) is 0 Å². The Hall–Kier alpha value is -4.23. The number of ether oxygens (including phenoxy) is 2. The van der Waals surface area contributed by atoms with Crippen LogP contribution in [0, 0.1) is 0 Å². The van der Waals surface area contributed by atoms with Gasteiger partial charge in [0.05, 0.1) is 20.4 Å². The molecule has 1 aliphatic heterocycles. The molecule has 7 nitrogen and oxygen atoms in total. The van der Waals surface area contributed by atoms with E-state index in [9.17, 15) is 4.79 Å². The van der Waals surface area contributed by atoms with E-state index in [1.54, 1.807) is 49.4 Å². The van der Waals surface area contributed by atoms with E-state index in [1.807, 2.05) is 48.5 Å². The van der Waals surface area contributed by atoms with Gasteiger partial charge in [0.25, 0.3) is 5.91 Å². The van der Waals surface area contributed by atoms with Gasteiger partial charge in [-0.3, -0.25) is 4.79 Å². The fourth-order valence-electron chi connectivity index (χ4n) is 4.15. The van der Waals surface area contributed by atoms with Crippen LogP contribution in [0.5, 0.6) is 11.5 Å². The van der Waals surface area contributed by atoms with Gasteiger partial charge >= 0.3 is 0 Å². The molecule has 0 saturated carbocycles. The number of methoxy groups -OCH3 is 2. The molecule has 0 spiro atoms. The number of benzene rings is 3. The van der Waals surface area contributed by atoms with Crippen molar-refractivity contribution in [3.05, 3.63) is 107 Å². The Labute approximate surface area is 207 Å². The Kier molecular flexibility index (Phi) is 6.16. The largest absolute Gasteiger partial charge is 0.493 e. The zero-order valence-electron chi connectivity index (χ0n) is 19.2. The summed E-state index contributed by atoms with van der Waals surface area (Å²) < 4.78 is 13.0. The third-order valence-electron chi connectivity index (χ3n) is 5.82. The highest BCUT2D eigenvalue weighted by atomic mass is 35.5. The molecular formula is C27H23ClN4O3. The molecule has 5 rings (SSSR count). The molecule has 1 amide bonds. The number of allylic oxidation sites excluding steroid dienone is 1. The molecule has 1 atom stereocenters. The lowest BCUT2D eigenvalue weighted by Gasteiger charge is -2.27. The van der Waals surface area contributed by atoms with E-state index in [-0.39, 0.29) is 11.9 Å². The second-order valence-corrected chi connectivity index (χ2v) is 8.35. The van der Waals surface area contributed by atoms with Crippen LogP contribution in [0.4, 0.5) is 11.5 Å². The first-order valence-electron chi connectivity index (χ1n) is 11.0. The van der Waals surface area contributed by atoms with Crippen molar-refractivity contribution in [2.75, 3.05) is 24.9 Å². The lowest BCUT2D eigenvalue weighted by Crippen LogP contribution is -2.22. The average Bonchev–Trinajstić information content (AvgIpc) is 3.33. The van der Waals surface area contributed by atoms with Crippen molar-refractivity contribution < 1.29 is 14.3 Å². The van der Waals surface area contributed by atoms with Gasteiger partial charge in [0.1, 0.15) is 17.4 Å². The fourth-order valence-corrected chi connectivity index (χ4v) is 4.27. The second kappa shape index (κ2) is 9.56. The minimum absolute atomic E-state index is 0.285. The molecule has 2 heterocycles. The molecular weight excluding hydrogens is 464 g/mol. The van der Waals surface area contributed by atoms with Gasteiger partial charge in [-0.2, -0.15) is 5.10 Å². The van der Waals surface area contributed by atoms with Gasteiger partial charge < -0.3 is 20.1 Å². The minimum atomic E-state index is -0.344. The summed E-state index contributed by atoms with van der Waals surface area (Å²) in [4.78, 5) is 13.2. The Morgan fingerprint density at radius 2 is 1.77 bits per heavy atom. The van der Waals surface area contributed by atoms with Crippen LogP contribution in [0.1, 0.15) is 27.5 Å². The van der Waals surface area contributed by atoms with Crippen LogP contribution in [0.3, 0.4) is 0 Å². The number of hydrogen-bond donors (Lipinski definition) is 2. The number of carbonyl (C=O) groups is 1. The third kappa shape index (κ3) is 4.34. The van der Waals surface area contributed by atoms with Crippen molar-refractivity contribution in [3.63, 3.8) is 0 Å². The molecule has 1 aliphatic rings. The molecule has 0 unspecified atom stereocenters. The first-order valence-corrected chi connectivity index (χ1v) is 11.4. The standard InChI is InChI=1S/C27H23ClN4O3/c1-34-24-10-6-9-20(25(24)35-2)23-15-22(17-7-4-3-5-8-17)31-26-21(16-29-32(23)26)27(33)30-19-13-11-18(28)12-14-19/h3-16,23,31H,1-2H3,(H,30,33)/t23-/m0/s1. The third-order valence-corrected chi connectivity index (χ3v) is 6.07. The maximum absolute atomic E-state index is 13.2. The maximum atomic E-state index is 13.2. The van der Waals surface area contributed by atoms with E-state index in [2.05, 4.69) is 21.8 Å². The van der Waals surface area contributed by atoms with Crippen molar-refractivity contribution in [2.24, 2.45) is 0 Å². The van der Waals surface area contributed by atoms with Gasteiger partial charge in [-0.05, 0) is 42.0 Å². The average molecular weight is 487 g/mol. The Balaban J connectivity index is 1.60. The smallest absolute Gasteiger partial charge is 0.261 e. The van der Waals surface area contributed by atoms with Crippen LogP contribution < -0.4 is 20.1 Å². The molecule has 0 aliphatic carbocycles. The highest BCUT2D eigenvalue weighted by Gasteiger charge is 2.30. The summed E-state index contributed by atoms with van der Waals surface area (Å²) in [6.07, 6.45) is 3.63. The molecule has 0 fully saturated rings. The lowest BCUT2D eigenvalue weighted by atomic mass is 9.99. The summed E-state index contributed by atoms with van der Waals surface area (Å²) in [6.45, 7) is 0. The second-order valence-electron chi connectivity index (χ2n) is 7.91. The molecule has 0 saturated heterocycles. The molecule has 35 heavy (non-hydrogen) atoms. The number of halogens is 1. The number of nitrogens with one attached hydrogen (secondary N) is 2. The van der Waals surface area contributed by atoms with Crippen molar-refractivity contribution in [2.45, 2.75) is 6.04 Å². The number of aromatic nitrogens is 2. The van der Waals surface area contributed by atoms with Gasteiger partial charge in [0, 0.05) is 22.0 Å². The fraction of sp³-hybridized carbons (Fsp3) is 0.111. The summed E-state index contributed by atoms with van der Waals surface area (Å²) in [7, 11) is 3.22. The zero-order chi connectivity index (χ0) is 24.4. The first kappa shape index (κ1) is 22.6. The lowest BCUT2D eigenvalue weighted by molar-refractivity contribution is 0.102. The zero-order valence-corrected chi connectivity index (χ0v) is 19.9. The van der Waals surface area contributed by atoms with Crippen LogP contribution in [0.15, 0.2) is 85.1 Å². The Bertz CT molecular complexity index is 1400. The summed E-state index contributed by atoms with van der Waals surface area (Å²) in [5, 5.41) is 11.5. The van der Waals surface area contributed by atoms with Crippen LogP contribution in [-0.2, 0) is 0 Å². The monoisotopic (exact) mass is 486 g/mol. The number of hydrogen-bond acceptors (Lipinski definition) is 5. The van der Waals surface area contributed by atoms with Gasteiger partial charge in [-0.1, -0.05) is 54.1 Å². The normalized spacial score (nSPS) is 14.4. The molecule has 4 aromatic rings. The molecule has 176 valence electrons. The molecule has 2 N–H and O–H groups in total. The topological polar surface area (TPSA) is 77.4 Å². The number of rotatable bonds is 6. The summed E-state index contributed by atoms with van der Waals surface area (Å²) in [5.74, 6) is 1.52. The van der Waals surface area contributed by atoms with Crippen LogP contribution in [0.25, 0.3) is 5.70 Å². The minimum Gasteiger partial charge on any atom is -0.493 e. The first-order chi connectivity index (χ1) is 17.1. The van der Waals surface area contributed by atoms with Crippen LogP contribution in [-0.4, -0.2) is 29.9 Å². The predicted octanol–water partition coefficient (Wildman–Crippen LogP) is 5.86. The SMILES string of the molecule is COc1cccc([C@@H]2C=C(c3ccccc3)Nc3c(C(=O)Nc4ccc(Cl)cc4)cnn32)c1OC. The summed E-state index contributed by atoms with van der Waals surface area (Å²) in [5.41, 5.74) is 3.74. The predicted molar refractivity (Wildman–Crippen MR) is 137 cm³/mol. The Morgan fingerprint density at radius 1 is 1.00 bits per heavy atom. The van der Waals surface area contributed by atoms with Crippen molar-refractivity contribution in [3.8, 4) is 11.5 Å². The molecule has 1 aromatic heterocycles. The molecule has 3 aromatic carbocycles. The number of fused-ring (bicyclic) bond motifs is 1. The van der Waals surface area contributed by atoms with Crippen molar-refractivity contribution in [1.29, 1.82) is 0 Å². The maximum Gasteiger partial charge on any atom is 0.261 e. The Morgan fingerprint density at radius 3 is 2.49 bits per heavy atom. The number of anilines is 2. The molecule has 0 radical (unpaired) electrons. The number of carbonyl (C=O) groups excluding carboxylic acids is 1. The van der Waals surface area contributed by atoms with E-state index < -0.39 is 0 Å². The summed E-state index contributed by atoms with van der Waals surface area (Å²) >= 11 is 5.98. The van der Waals surface area contributed by atoms with E-state index in [4.69, 9.17) is 21.1 Å².